The van der Waals surface area contributed by atoms with Crippen molar-refractivity contribution < 1.29 is 9.72 Å². The molecule has 142 valence electrons. The zero-order valence-electron chi connectivity index (χ0n) is 15.2. The molecular formula is C20H17ClN4O3. The van der Waals surface area contributed by atoms with E-state index in [1.165, 1.54) is 18.3 Å². The first-order valence-electron chi connectivity index (χ1n) is 8.39. The predicted molar refractivity (Wildman–Crippen MR) is 108 cm³/mol. The van der Waals surface area contributed by atoms with Crippen molar-refractivity contribution in [3.63, 3.8) is 0 Å². The summed E-state index contributed by atoms with van der Waals surface area (Å²) in [7, 11) is 0. The van der Waals surface area contributed by atoms with Gasteiger partial charge >= 0.3 is 0 Å². The number of carbonyl (C=O) groups excluding carboxylic acids is 1. The minimum atomic E-state index is -0.574. The number of hydrogen-bond acceptors (Lipinski definition) is 4. The summed E-state index contributed by atoms with van der Waals surface area (Å²) in [5.41, 5.74) is 6.12. The van der Waals surface area contributed by atoms with Crippen LogP contribution in [0.25, 0.3) is 5.69 Å². The number of aryl methyl sites for hydroxylation is 2. The van der Waals surface area contributed by atoms with Crippen LogP contribution in [0, 0.1) is 24.0 Å². The molecule has 2 aromatic carbocycles. The Balaban J connectivity index is 1.76. The Morgan fingerprint density at radius 2 is 1.86 bits per heavy atom. The van der Waals surface area contributed by atoms with Gasteiger partial charge in [0.25, 0.3) is 11.6 Å². The third kappa shape index (κ3) is 4.10. The first kappa shape index (κ1) is 19.3. The van der Waals surface area contributed by atoms with Crippen LogP contribution in [-0.2, 0) is 0 Å². The number of rotatable bonds is 5. The Labute approximate surface area is 166 Å². The second-order valence-corrected chi connectivity index (χ2v) is 6.58. The van der Waals surface area contributed by atoms with Gasteiger partial charge in [-0.3, -0.25) is 14.9 Å². The van der Waals surface area contributed by atoms with Crippen LogP contribution in [0.4, 0.5) is 5.69 Å². The number of hydrogen-bond donors (Lipinski definition) is 1. The maximum absolute atomic E-state index is 12.4. The third-order valence-electron chi connectivity index (χ3n) is 4.18. The number of benzene rings is 2. The Morgan fingerprint density at radius 1 is 1.14 bits per heavy atom. The second-order valence-electron chi connectivity index (χ2n) is 6.17. The van der Waals surface area contributed by atoms with Crippen LogP contribution in [0.1, 0.15) is 27.3 Å². The van der Waals surface area contributed by atoms with E-state index < -0.39 is 4.92 Å². The highest BCUT2D eigenvalue weighted by Gasteiger charge is 2.12. The van der Waals surface area contributed by atoms with E-state index in [4.69, 9.17) is 11.6 Å². The van der Waals surface area contributed by atoms with Crippen molar-refractivity contribution in [3.8, 4) is 5.69 Å². The van der Waals surface area contributed by atoms with Crippen LogP contribution in [-0.4, -0.2) is 21.6 Å². The largest absolute Gasteiger partial charge is 0.318 e. The molecule has 1 heterocycles. The molecule has 0 unspecified atom stereocenters. The number of carbonyl (C=O) groups is 1. The number of amides is 1. The minimum Gasteiger partial charge on any atom is -0.318 e. The van der Waals surface area contributed by atoms with Crippen LogP contribution in [0.5, 0.6) is 0 Å². The van der Waals surface area contributed by atoms with E-state index in [0.29, 0.717) is 11.1 Å². The molecule has 0 aliphatic rings. The average molecular weight is 397 g/mol. The molecule has 3 aromatic rings. The van der Waals surface area contributed by atoms with E-state index in [9.17, 15) is 14.9 Å². The number of nitrogens with one attached hydrogen (secondary N) is 1. The van der Waals surface area contributed by atoms with Crippen LogP contribution in [0.3, 0.4) is 0 Å². The molecule has 0 bridgehead atoms. The zero-order valence-corrected chi connectivity index (χ0v) is 16.0. The quantitative estimate of drug-likeness (QED) is 0.393. The predicted octanol–water partition coefficient (Wildman–Crippen LogP) is 4.42. The number of aromatic nitrogens is 1. The van der Waals surface area contributed by atoms with Gasteiger partial charge in [-0.1, -0.05) is 23.7 Å². The first-order chi connectivity index (χ1) is 13.4. The van der Waals surface area contributed by atoms with Crippen LogP contribution in [0.2, 0.25) is 5.02 Å². The Hall–Kier alpha value is -3.45. The summed E-state index contributed by atoms with van der Waals surface area (Å²) >= 11 is 5.78. The van der Waals surface area contributed by atoms with Crippen molar-refractivity contribution in [2.75, 3.05) is 0 Å². The Bertz CT molecular complexity index is 1070. The minimum absolute atomic E-state index is 0.0404. The maximum atomic E-state index is 12.4. The molecule has 0 aliphatic heterocycles. The summed E-state index contributed by atoms with van der Waals surface area (Å²) in [5, 5.41) is 14.8. The van der Waals surface area contributed by atoms with Crippen molar-refractivity contribution in [3.05, 3.63) is 92.2 Å². The van der Waals surface area contributed by atoms with Crippen molar-refractivity contribution >= 4 is 29.4 Å². The van der Waals surface area contributed by atoms with Crippen LogP contribution < -0.4 is 5.43 Å². The number of hydrazone groups is 1. The summed E-state index contributed by atoms with van der Waals surface area (Å²) in [6.45, 7) is 3.99. The lowest BCUT2D eigenvalue weighted by atomic mass is 10.2. The number of nitro groups is 1. The van der Waals surface area contributed by atoms with E-state index in [2.05, 4.69) is 10.5 Å². The second kappa shape index (κ2) is 8.06. The number of halogens is 1. The standard InChI is InChI=1S/C20H17ClN4O3/c1-13-6-7-14(2)24(13)17-5-3-4-16(11-17)20(26)23-22-12-15-8-9-18(21)19(10-15)25(27)28/h3-12H,1-2H3,(H,23,26)/b22-12-. The van der Waals surface area contributed by atoms with Crippen molar-refractivity contribution in [1.29, 1.82) is 0 Å². The molecule has 3 rings (SSSR count). The van der Waals surface area contributed by atoms with Gasteiger partial charge in [0.15, 0.2) is 0 Å². The van der Waals surface area contributed by atoms with Gasteiger partial charge < -0.3 is 4.57 Å². The fourth-order valence-corrected chi connectivity index (χ4v) is 3.03. The first-order valence-corrected chi connectivity index (χ1v) is 8.77. The van der Waals surface area contributed by atoms with Crippen LogP contribution in [0.15, 0.2) is 59.7 Å². The SMILES string of the molecule is Cc1ccc(C)n1-c1cccc(C(=O)N/N=C\c2ccc(Cl)c([N+](=O)[O-])c2)c1. The number of nitrogens with zero attached hydrogens (tertiary/aromatic N) is 3. The topological polar surface area (TPSA) is 89.5 Å². The van der Waals surface area contributed by atoms with Gasteiger partial charge in [0.2, 0.25) is 0 Å². The van der Waals surface area contributed by atoms with Crippen molar-refractivity contribution in [2.45, 2.75) is 13.8 Å². The van der Waals surface area contributed by atoms with Gasteiger partial charge in [-0.15, -0.1) is 0 Å². The molecule has 0 spiro atoms. The monoisotopic (exact) mass is 396 g/mol. The van der Waals surface area contributed by atoms with E-state index in [1.54, 1.807) is 24.3 Å². The van der Waals surface area contributed by atoms with Gasteiger partial charge in [-0.2, -0.15) is 5.10 Å². The molecule has 7 nitrogen and oxygen atoms in total. The summed E-state index contributed by atoms with van der Waals surface area (Å²) in [5.74, 6) is -0.385. The molecule has 0 radical (unpaired) electrons. The smallest absolute Gasteiger partial charge is 0.288 e. The van der Waals surface area contributed by atoms with E-state index >= 15 is 0 Å². The highest BCUT2D eigenvalue weighted by Crippen LogP contribution is 2.24. The van der Waals surface area contributed by atoms with Crippen molar-refractivity contribution in [1.82, 2.24) is 9.99 Å². The molecule has 0 fully saturated rings. The van der Waals surface area contributed by atoms with Gasteiger partial charge in [-0.05, 0) is 50.2 Å². The normalized spacial score (nSPS) is 11.0. The van der Waals surface area contributed by atoms with Gasteiger partial charge in [0, 0.05) is 34.3 Å². The fraction of sp³-hybridized carbons (Fsp3) is 0.100. The highest BCUT2D eigenvalue weighted by molar-refractivity contribution is 6.32. The maximum Gasteiger partial charge on any atom is 0.288 e. The van der Waals surface area contributed by atoms with Crippen LogP contribution >= 0.6 is 11.6 Å². The molecule has 0 aliphatic carbocycles. The van der Waals surface area contributed by atoms with Gasteiger partial charge in [-0.25, -0.2) is 5.43 Å². The lowest BCUT2D eigenvalue weighted by Crippen LogP contribution is -2.18. The molecule has 1 amide bonds. The average Bonchev–Trinajstić information content (AvgIpc) is 3.01. The zero-order chi connectivity index (χ0) is 20.3. The van der Waals surface area contributed by atoms with Gasteiger partial charge in [0.1, 0.15) is 5.02 Å². The summed E-state index contributed by atoms with van der Waals surface area (Å²) in [6.07, 6.45) is 1.32. The highest BCUT2D eigenvalue weighted by atomic mass is 35.5. The Kier molecular flexibility index (Phi) is 5.56. The van der Waals surface area contributed by atoms with E-state index in [0.717, 1.165) is 17.1 Å². The molecule has 28 heavy (non-hydrogen) atoms. The lowest BCUT2D eigenvalue weighted by Gasteiger charge is -2.10. The summed E-state index contributed by atoms with van der Waals surface area (Å²) in [4.78, 5) is 22.7. The fourth-order valence-electron chi connectivity index (χ4n) is 2.84. The van der Waals surface area contributed by atoms with E-state index in [-0.39, 0.29) is 16.6 Å². The molecule has 0 saturated carbocycles. The summed E-state index contributed by atoms with van der Waals surface area (Å²) in [6, 6.07) is 15.5. The molecule has 1 aromatic heterocycles. The molecule has 0 atom stereocenters. The molecule has 8 heteroatoms. The van der Waals surface area contributed by atoms with E-state index in [1.807, 2.05) is 36.6 Å². The summed E-state index contributed by atoms with van der Waals surface area (Å²) < 4.78 is 2.05. The molecule has 1 N–H and O–H groups in total. The lowest BCUT2D eigenvalue weighted by molar-refractivity contribution is -0.384. The number of nitro benzene ring substituents is 1. The van der Waals surface area contributed by atoms with Gasteiger partial charge in [0.05, 0.1) is 11.1 Å². The van der Waals surface area contributed by atoms with Crippen molar-refractivity contribution in [2.24, 2.45) is 5.10 Å². The third-order valence-corrected chi connectivity index (χ3v) is 4.50. The molecule has 0 saturated heterocycles. The Morgan fingerprint density at radius 3 is 2.54 bits per heavy atom. The molecular weight excluding hydrogens is 380 g/mol.